The molecule has 1 fully saturated rings. The lowest BCUT2D eigenvalue weighted by molar-refractivity contribution is -0.135. The molecule has 1 aliphatic heterocycles. The lowest BCUT2D eigenvalue weighted by Gasteiger charge is -2.22. The van der Waals surface area contributed by atoms with Gasteiger partial charge in [0.15, 0.2) is 0 Å². The van der Waals surface area contributed by atoms with Gasteiger partial charge >= 0.3 is 0 Å². The molecule has 2 amide bonds. The van der Waals surface area contributed by atoms with Gasteiger partial charge < -0.3 is 14.7 Å². The average molecular weight is 351 g/mol. The molecule has 0 aliphatic carbocycles. The van der Waals surface area contributed by atoms with Crippen LogP contribution in [0.2, 0.25) is 0 Å². The maximum atomic E-state index is 12.8. The summed E-state index contributed by atoms with van der Waals surface area (Å²) in [7, 11) is 5.76. The first-order valence-corrected chi connectivity index (χ1v) is 8.82. The van der Waals surface area contributed by atoms with Crippen LogP contribution in [0.1, 0.15) is 12.0 Å². The highest BCUT2D eigenvalue weighted by Crippen LogP contribution is 2.28. The van der Waals surface area contributed by atoms with Gasteiger partial charge in [-0.05, 0) is 29.8 Å². The molecule has 5 nitrogen and oxygen atoms in total. The monoisotopic (exact) mass is 351 g/mol. The van der Waals surface area contributed by atoms with Crippen LogP contribution in [0.3, 0.4) is 0 Å². The van der Waals surface area contributed by atoms with Crippen molar-refractivity contribution in [3.8, 4) is 0 Å². The van der Waals surface area contributed by atoms with E-state index >= 15 is 0 Å². The molecule has 2 aromatic carbocycles. The molecular formula is C21H25N3O2. The molecule has 1 heterocycles. The minimum Gasteiger partial charge on any atom is -0.378 e. The zero-order valence-corrected chi connectivity index (χ0v) is 15.6. The van der Waals surface area contributed by atoms with Crippen molar-refractivity contribution in [3.05, 3.63) is 60.2 Å². The van der Waals surface area contributed by atoms with Crippen molar-refractivity contribution in [1.82, 2.24) is 4.90 Å². The van der Waals surface area contributed by atoms with Crippen LogP contribution in [0.15, 0.2) is 54.6 Å². The average Bonchev–Trinajstić information content (AvgIpc) is 3.03. The molecule has 0 spiro atoms. The largest absolute Gasteiger partial charge is 0.378 e. The van der Waals surface area contributed by atoms with Crippen LogP contribution in [0.25, 0.3) is 0 Å². The fourth-order valence-corrected chi connectivity index (χ4v) is 3.30. The molecule has 3 rings (SSSR count). The minimum atomic E-state index is -0.287. The van der Waals surface area contributed by atoms with Crippen LogP contribution < -0.4 is 9.80 Å². The molecule has 26 heavy (non-hydrogen) atoms. The van der Waals surface area contributed by atoms with E-state index in [1.165, 1.54) is 0 Å². The van der Waals surface area contributed by atoms with E-state index in [0.717, 1.165) is 16.9 Å². The van der Waals surface area contributed by atoms with E-state index in [-0.39, 0.29) is 24.2 Å². The Balaban J connectivity index is 1.65. The Morgan fingerprint density at radius 3 is 2.31 bits per heavy atom. The van der Waals surface area contributed by atoms with Gasteiger partial charge in [-0.3, -0.25) is 9.59 Å². The smallest absolute Gasteiger partial charge is 0.228 e. The second-order valence-electron chi connectivity index (χ2n) is 7.00. The van der Waals surface area contributed by atoms with Crippen LogP contribution >= 0.6 is 0 Å². The van der Waals surface area contributed by atoms with Gasteiger partial charge in [0.05, 0.1) is 5.92 Å². The predicted octanol–water partition coefficient (Wildman–Crippen LogP) is 2.76. The number of hydrogen-bond donors (Lipinski definition) is 0. The molecule has 0 saturated carbocycles. The van der Waals surface area contributed by atoms with Crippen molar-refractivity contribution in [3.63, 3.8) is 0 Å². The summed E-state index contributed by atoms with van der Waals surface area (Å²) in [5, 5.41) is 0. The van der Waals surface area contributed by atoms with E-state index in [0.29, 0.717) is 13.1 Å². The Labute approximate surface area is 154 Å². The molecule has 5 heteroatoms. The predicted molar refractivity (Wildman–Crippen MR) is 104 cm³/mol. The van der Waals surface area contributed by atoms with E-state index in [1.807, 2.05) is 73.6 Å². The van der Waals surface area contributed by atoms with Crippen molar-refractivity contribution in [2.24, 2.45) is 5.92 Å². The summed E-state index contributed by atoms with van der Waals surface area (Å²) < 4.78 is 0. The minimum absolute atomic E-state index is 0.00839. The maximum Gasteiger partial charge on any atom is 0.228 e. The topological polar surface area (TPSA) is 43.9 Å². The van der Waals surface area contributed by atoms with Crippen LogP contribution in [0.5, 0.6) is 0 Å². The molecule has 1 unspecified atom stereocenters. The maximum absolute atomic E-state index is 12.8. The lowest BCUT2D eigenvalue weighted by Crippen LogP contribution is -2.34. The van der Waals surface area contributed by atoms with Crippen molar-refractivity contribution < 1.29 is 9.59 Å². The van der Waals surface area contributed by atoms with Gasteiger partial charge in [0.1, 0.15) is 0 Å². The van der Waals surface area contributed by atoms with Gasteiger partial charge in [0.2, 0.25) is 11.8 Å². The highest BCUT2D eigenvalue weighted by atomic mass is 16.2. The summed E-state index contributed by atoms with van der Waals surface area (Å²) in [6.45, 7) is 1.00. The van der Waals surface area contributed by atoms with E-state index in [9.17, 15) is 9.59 Å². The number of carbonyl (C=O) groups is 2. The number of hydrogen-bond acceptors (Lipinski definition) is 3. The first-order valence-electron chi connectivity index (χ1n) is 8.82. The third-order valence-corrected chi connectivity index (χ3v) is 4.79. The summed E-state index contributed by atoms with van der Waals surface area (Å²) in [6.07, 6.45) is 0.271. The number of rotatable bonds is 5. The third kappa shape index (κ3) is 3.87. The van der Waals surface area contributed by atoms with Gasteiger partial charge in [-0.25, -0.2) is 0 Å². The molecule has 0 bridgehead atoms. The number of anilines is 2. The number of carbonyl (C=O) groups excluding carboxylic acids is 2. The number of benzene rings is 2. The molecule has 0 aromatic heterocycles. The molecule has 0 radical (unpaired) electrons. The van der Waals surface area contributed by atoms with E-state index in [1.54, 1.807) is 16.8 Å². The van der Waals surface area contributed by atoms with Gasteiger partial charge in [-0.1, -0.05) is 30.3 Å². The zero-order chi connectivity index (χ0) is 18.7. The SMILES string of the molecule is CN(Cc1ccccc1)C(=O)C1CC(=O)N(c2ccc(N(C)C)cc2)C1. The first-order chi connectivity index (χ1) is 12.5. The second-order valence-corrected chi connectivity index (χ2v) is 7.00. The molecular weight excluding hydrogens is 326 g/mol. The number of amides is 2. The Kier molecular flexibility index (Phi) is 5.26. The Bertz CT molecular complexity index is 772. The quantitative estimate of drug-likeness (QED) is 0.832. The highest BCUT2D eigenvalue weighted by Gasteiger charge is 2.36. The normalized spacial score (nSPS) is 16.7. The van der Waals surface area contributed by atoms with Crippen LogP contribution in [-0.2, 0) is 16.1 Å². The summed E-state index contributed by atoms with van der Waals surface area (Å²) in [4.78, 5) is 30.6. The lowest BCUT2D eigenvalue weighted by atomic mass is 10.1. The Hall–Kier alpha value is -2.82. The van der Waals surface area contributed by atoms with Crippen molar-refractivity contribution >= 4 is 23.2 Å². The van der Waals surface area contributed by atoms with Crippen LogP contribution in [0, 0.1) is 5.92 Å². The summed E-state index contributed by atoms with van der Waals surface area (Å²) in [5.74, 6) is -0.256. The van der Waals surface area contributed by atoms with Gasteiger partial charge in [-0.2, -0.15) is 0 Å². The third-order valence-electron chi connectivity index (χ3n) is 4.79. The van der Waals surface area contributed by atoms with E-state index < -0.39 is 0 Å². The van der Waals surface area contributed by atoms with Crippen molar-refractivity contribution in [2.45, 2.75) is 13.0 Å². The first kappa shape index (κ1) is 18.0. The fourth-order valence-electron chi connectivity index (χ4n) is 3.30. The Morgan fingerprint density at radius 2 is 1.69 bits per heavy atom. The highest BCUT2D eigenvalue weighted by molar-refractivity contribution is 6.00. The fraction of sp³-hybridized carbons (Fsp3) is 0.333. The molecule has 1 saturated heterocycles. The molecule has 2 aromatic rings. The van der Waals surface area contributed by atoms with Gasteiger partial charge in [0.25, 0.3) is 0 Å². The summed E-state index contributed by atoms with van der Waals surface area (Å²) in [5.41, 5.74) is 3.01. The van der Waals surface area contributed by atoms with Gasteiger partial charge in [0, 0.05) is 52.0 Å². The number of nitrogens with zero attached hydrogens (tertiary/aromatic N) is 3. The van der Waals surface area contributed by atoms with E-state index in [4.69, 9.17) is 0 Å². The molecule has 136 valence electrons. The Morgan fingerprint density at radius 1 is 1.04 bits per heavy atom. The second kappa shape index (κ2) is 7.60. The van der Waals surface area contributed by atoms with Gasteiger partial charge in [-0.15, -0.1) is 0 Å². The molecule has 0 N–H and O–H groups in total. The van der Waals surface area contributed by atoms with Crippen molar-refractivity contribution in [2.75, 3.05) is 37.5 Å². The van der Waals surface area contributed by atoms with E-state index in [2.05, 4.69) is 0 Å². The molecule has 1 atom stereocenters. The zero-order valence-electron chi connectivity index (χ0n) is 15.6. The van der Waals surface area contributed by atoms with Crippen molar-refractivity contribution in [1.29, 1.82) is 0 Å². The standard InChI is InChI=1S/C21H25N3O2/c1-22(2)18-9-11-19(12-10-18)24-15-17(13-20(24)25)21(26)23(3)14-16-7-5-4-6-8-16/h4-12,17H,13-15H2,1-3H3. The summed E-state index contributed by atoms with van der Waals surface area (Å²) in [6, 6.07) is 17.7. The van der Waals surface area contributed by atoms with Crippen LogP contribution in [-0.4, -0.2) is 44.4 Å². The summed E-state index contributed by atoms with van der Waals surface area (Å²) >= 11 is 0. The van der Waals surface area contributed by atoms with Crippen LogP contribution in [0.4, 0.5) is 11.4 Å². The molecule has 1 aliphatic rings.